The summed E-state index contributed by atoms with van der Waals surface area (Å²) in [6.45, 7) is 8.25. The smallest absolute Gasteiger partial charge is 0.161 e. The lowest BCUT2D eigenvalue weighted by Crippen LogP contribution is -2.26. The van der Waals surface area contributed by atoms with Gasteiger partial charge >= 0.3 is 0 Å². The van der Waals surface area contributed by atoms with E-state index in [0.717, 1.165) is 43.5 Å². The van der Waals surface area contributed by atoms with Gasteiger partial charge < -0.3 is 19.7 Å². The third kappa shape index (κ3) is 5.70. The zero-order chi connectivity index (χ0) is 17.2. The molecule has 0 radical (unpaired) electrons. The number of likely N-dealkylation sites (tertiary alicyclic amines) is 1. The molecule has 1 aliphatic rings. The molecule has 1 saturated heterocycles. The lowest BCUT2D eigenvalue weighted by Gasteiger charge is -2.15. The molecule has 1 atom stereocenters. The van der Waals surface area contributed by atoms with Gasteiger partial charge in [0.25, 0.3) is 0 Å². The number of nitrogens with one attached hydrogen (secondary N) is 1. The van der Waals surface area contributed by atoms with E-state index in [1.165, 1.54) is 25.1 Å². The predicted octanol–water partition coefficient (Wildman–Crippen LogP) is 2.81. The molecule has 0 spiro atoms. The van der Waals surface area contributed by atoms with Crippen molar-refractivity contribution in [2.45, 2.75) is 32.7 Å². The summed E-state index contributed by atoms with van der Waals surface area (Å²) in [5, 5.41) is 12.1. The highest BCUT2D eigenvalue weighted by molar-refractivity contribution is 5.42. The van der Waals surface area contributed by atoms with Gasteiger partial charge in [0, 0.05) is 19.5 Å². The van der Waals surface area contributed by atoms with Crippen molar-refractivity contribution in [1.29, 1.82) is 5.26 Å². The van der Waals surface area contributed by atoms with Crippen molar-refractivity contribution in [3.63, 3.8) is 0 Å². The molecule has 1 aliphatic heterocycles. The first-order valence-electron chi connectivity index (χ1n) is 8.86. The van der Waals surface area contributed by atoms with Gasteiger partial charge in [0.1, 0.15) is 0 Å². The van der Waals surface area contributed by atoms with Crippen molar-refractivity contribution in [2.75, 3.05) is 39.9 Å². The molecule has 0 saturated carbocycles. The SMILES string of the molecule is CCN1CCC(CNCc2ccc(OC)c(OCCCC#N)c2)C1. The van der Waals surface area contributed by atoms with Crippen molar-refractivity contribution >= 4 is 0 Å². The zero-order valence-electron chi connectivity index (χ0n) is 14.9. The van der Waals surface area contributed by atoms with Gasteiger partial charge in [-0.2, -0.15) is 5.26 Å². The fourth-order valence-electron chi connectivity index (χ4n) is 3.06. The summed E-state index contributed by atoms with van der Waals surface area (Å²) < 4.78 is 11.1. The highest BCUT2D eigenvalue weighted by atomic mass is 16.5. The van der Waals surface area contributed by atoms with E-state index in [-0.39, 0.29) is 0 Å². The van der Waals surface area contributed by atoms with Crippen molar-refractivity contribution in [1.82, 2.24) is 10.2 Å². The molecule has 2 rings (SSSR count). The van der Waals surface area contributed by atoms with Crippen molar-refractivity contribution in [3.05, 3.63) is 23.8 Å². The Morgan fingerprint density at radius 1 is 1.38 bits per heavy atom. The van der Waals surface area contributed by atoms with Gasteiger partial charge in [0.2, 0.25) is 0 Å². The molecule has 0 bridgehead atoms. The molecule has 0 aromatic heterocycles. The first kappa shape index (κ1) is 18.6. The zero-order valence-corrected chi connectivity index (χ0v) is 14.9. The standard InChI is InChI=1S/C19H29N3O2/c1-3-22-10-8-17(15-22)14-21-13-16-6-7-18(23-2)19(12-16)24-11-5-4-9-20/h6-7,12,17,21H,3-5,8,10-11,13-15H2,1-2H3. The molecule has 24 heavy (non-hydrogen) atoms. The van der Waals surface area contributed by atoms with Crippen molar-refractivity contribution < 1.29 is 9.47 Å². The molecule has 1 aromatic carbocycles. The van der Waals surface area contributed by atoms with Crippen LogP contribution in [0, 0.1) is 17.2 Å². The summed E-state index contributed by atoms with van der Waals surface area (Å²) in [7, 11) is 1.65. The third-order valence-electron chi connectivity index (χ3n) is 4.50. The van der Waals surface area contributed by atoms with Crippen LogP contribution in [0.2, 0.25) is 0 Å². The summed E-state index contributed by atoms with van der Waals surface area (Å²) in [6.07, 6.45) is 2.54. The molecule has 1 unspecified atom stereocenters. The first-order valence-corrected chi connectivity index (χ1v) is 8.86. The van der Waals surface area contributed by atoms with E-state index in [1.807, 2.05) is 12.1 Å². The fourth-order valence-corrected chi connectivity index (χ4v) is 3.06. The van der Waals surface area contributed by atoms with Crippen LogP contribution < -0.4 is 14.8 Å². The van der Waals surface area contributed by atoms with E-state index < -0.39 is 0 Å². The second kappa shape index (κ2) is 10.2. The molecule has 5 nitrogen and oxygen atoms in total. The average Bonchev–Trinajstić information content (AvgIpc) is 3.07. The normalized spacial score (nSPS) is 17.6. The minimum Gasteiger partial charge on any atom is -0.493 e. The molecular weight excluding hydrogens is 302 g/mol. The number of hydrogen-bond acceptors (Lipinski definition) is 5. The van der Waals surface area contributed by atoms with Gasteiger partial charge in [0.15, 0.2) is 11.5 Å². The minimum absolute atomic E-state index is 0.514. The van der Waals surface area contributed by atoms with Crippen LogP contribution in [0.3, 0.4) is 0 Å². The second-order valence-corrected chi connectivity index (χ2v) is 6.27. The number of benzene rings is 1. The Morgan fingerprint density at radius 3 is 2.96 bits per heavy atom. The highest BCUT2D eigenvalue weighted by Gasteiger charge is 2.20. The number of hydrogen-bond donors (Lipinski definition) is 1. The van der Waals surface area contributed by atoms with Crippen LogP contribution in [0.15, 0.2) is 18.2 Å². The predicted molar refractivity (Wildman–Crippen MR) is 95.3 cm³/mol. The Hall–Kier alpha value is -1.77. The Bertz CT molecular complexity index is 542. The van der Waals surface area contributed by atoms with E-state index >= 15 is 0 Å². The van der Waals surface area contributed by atoms with Gasteiger partial charge in [-0.15, -0.1) is 0 Å². The Morgan fingerprint density at radius 2 is 2.25 bits per heavy atom. The van der Waals surface area contributed by atoms with Crippen LogP contribution in [0.1, 0.15) is 31.7 Å². The topological polar surface area (TPSA) is 57.5 Å². The number of rotatable bonds is 10. The van der Waals surface area contributed by atoms with E-state index in [2.05, 4.69) is 29.3 Å². The highest BCUT2D eigenvalue weighted by Crippen LogP contribution is 2.28. The number of ether oxygens (including phenoxy) is 2. The summed E-state index contributed by atoms with van der Waals surface area (Å²) >= 11 is 0. The molecule has 5 heteroatoms. The maximum absolute atomic E-state index is 8.59. The molecular formula is C19H29N3O2. The molecule has 1 fully saturated rings. The summed E-state index contributed by atoms with van der Waals surface area (Å²) in [5.41, 5.74) is 1.19. The van der Waals surface area contributed by atoms with E-state index in [1.54, 1.807) is 7.11 Å². The second-order valence-electron chi connectivity index (χ2n) is 6.27. The van der Waals surface area contributed by atoms with E-state index in [9.17, 15) is 0 Å². The van der Waals surface area contributed by atoms with Crippen LogP contribution in [0.25, 0.3) is 0 Å². The molecule has 132 valence electrons. The average molecular weight is 331 g/mol. The molecule has 0 aliphatic carbocycles. The van der Waals surface area contributed by atoms with Crippen LogP contribution in [0.4, 0.5) is 0 Å². The number of nitriles is 1. The molecule has 0 amide bonds. The van der Waals surface area contributed by atoms with Gasteiger partial charge in [-0.3, -0.25) is 0 Å². The largest absolute Gasteiger partial charge is 0.493 e. The Labute approximate surface area is 145 Å². The first-order chi connectivity index (χ1) is 11.8. The van der Waals surface area contributed by atoms with Crippen LogP contribution in [-0.2, 0) is 6.54 Å². The quantitative estimate of drug-likeness (QED) is 0.668. The summed E-state index contributed by atoms with van der Waals surface area (Å²) in [5.74, 6) is 2.25. The Balaban J connectivity index is 1.80. The monoisotopic (exact) mass is 331 g/mol. The Kier molecular flexibility index (Phi) is 7.87. The molecule has 1 N–H and O–H groups in total. The van der Waals surface area contributed by atoms with Gasteiger partial charge in [0.05, 0.1) is 19.8 Å². The van der Waals surface area contributed by atoms with Crippen molar-refractivity contribution in [2.24, 2.45) is 5.92 Å². The maximum Gasteiger partial charge on any atom is 0.161 e. The van der Waals surface area contributed by atoms with Gasteiger partial charge in [-0.25, -0.2) is 0 Å². The lowest BCUT2D eigenvalue weighted by molar-refractivity contribution is 0.290. The van der Waals surface area contributed by atoms with E-state index in [4.69, 9.17) is 14.7 Å². The van der Waals surface area contributed by atoms with Crippen LogP contribution in [-0.4, -0.2) is 44.8 Å². The number of nitrogens with zero attached hydrogens (tertiary/aromatic N) is 2. The van der Waals surface area contributed by atoms with Crippen LogP contribution in [0.5, 0.6) is 11.5 Å². The number of unbranched alkanes of at least 4 members (excludes halogenated alkanes) is 1. The fraction of sp³-hybridized carbons (Fsp3) is 0.632. The lowest BCUT2D eigenvalue weighted by atomic mass is 10.1. The van der Waals surface area contributed by atoms with Gasteiger partial charge in [-0.05, 0) is 56.1 Å². The third-order valence-corrected chi connectivity index (χ3v) is 4.50. The molecule has 1 heterocycles. The van der Waals surface area contributed by atoms with Crippen molar-refractivity contribution in [3.8, 4) is 17.6 Å². The summed E-state index contributed by atoms with van der Waals surface area (Å²) in [4.78, 5) is 2.51. The van der Waals surface area contributed by atoms with Gasteiger partial charge in [-0.1, -0.05) is 13.0 Å². The number of methoxy groups -OCH3 is 1. The van der Waals surface area contributed by atoms with E-state index in [0.29, 0.717) is 13.0 Å². The maximum atomic E-state index is 8.59. The minimum atomic E-state index is 0.514. The van der Waals surface area contributed by atoms with Crippen LogP contribution >= 0.6 is 0 Å². The summed E-state index contributed by atoms with van der Waals surface area (Å²) in [6, 6.07) is 8.18. The molecule has 1 aromatic rings.